The molecule has 0 bridgehead atoms. The molecule has 1 rings (SSSR count). The number of sulfonamides is 1. The molecule has 1 amide bonds. The lowest BCUT2D eigenvalue weighted by Gasteiger charge is -2.13. The van der Waals surface area contributed by atoms with Crippen LogP contribution in [0.5, 0.6) is 0 Å². The van der Waals surface area contributed by atoms with Gasteiger partial charge in [-0.15, -0.1) is 0 Å². The molecule has 0 aliphatic heterocycles. The highest BCUT2D eigenvalue weighted by atomic mass is 32.2. The molecule has 0 spiro atoms. The summed E-state index contributed by atoms with van der Waals surface area (Å²) in [6.07, 6.45) is 0. The summed E-state index contributed by atoms with van der Waals surface area (Å²) in [6, 6.07) is 4.04. The topological polar surface area (TPSA) is 103 Å². The maximum atomic E-state index is 10.4. The molecule has 150 valence electrons. The molecule has 1 aromatic heterocycles. The van der Waals surface area contributed by atoms with Crippen LogP contribution in [0.4, 0.5) is 0 Å². The maximum Gasteiger partial charge on any atom is 0.222 e. The third kappa shape index (κ3) is 28.2. The smallest absolute Gasteiger partial charge is 0.222 e. The van der Waals surface area contributed by atoms with Crippen LogP contribution in [-0.2, 0) is 14.8 Å². The van der Waals surface area contributed by atoms with Crippen molar-refractivity contribution in [3.05, 3.63) is 22.9 Å². The Labute approximate surface area is 159 Å². The second kappa shape index (κ2) is 11.6. The monoisotopic (exact) mass is 394 g/mol. The van der Waals surface area contributed by atoms with E-state index in [0.717, 1.165) is 0 Å². The fraction of sp³-hybridized carbons (Fsp3) is 0.722. The minimum atomic E-state index is -3.34. The molecule has 0 aromatic carbocycles. The summed E-state index contributed by atoms with van der Waals surface area (Å²) in [6.45, 7) is 18.8. The largest absolute Gasteiger partial charge is 0.369 e. The molecule has 0 fully saturated rings. The molecular formula is C18H38N2O3S2. The molecule has 0 atom stereocenters. The van der Waals surface area contributed by atoms with Gasteiger partial charge in [-0.1, -0.05) is 60.6 Å². The van der Waals surface area contributed by atoms with Crippen molar-refractivity contribution in [2.75, 3.05) is 0 Å². The Balaban J connectivity index is -0.000000263. The van der Waals surface area contributed by atoms with E-state index in [-0.39, 0.29) is 11.3 Å². The molecule has 0 saturated heterocycles. The standard InChI is InChI=1S/C5H11NO.C5H12.C4H11NO2S.C4H4S/c1-5(2,3)4(6)7;1-5(2,3)4;1-4(2,3)8(5,6)7;1-2-4-5-3-1/h1-3H3,(H2,6,7);1-4H3;1-3H3,(H2,5,6,7);1-4H. The van der Waals surface area contributed by atoms with Gasteiger partial charge in [-0.05, 0) is 36.9 Å². The predicted molar refractivity (Wildman–Crippen MR) is 111 cm³/mol. The highest BCUT2D eigenvalue weighted by molar-refractivity contribution is 7.90. The van der Waals surface area contributed by atoms with Gasteiger partial charge < -0.3 is 5.73 Å². The average Bonchev–Trinajstić information content (AvgIpc) is 2.80. The number of hydrogen-bond acceptors (Lipinski definition) is 4. The Morgan fingerprint density at radius 1 is 0.840 bits per heavy atom. The average molecular weight is 395 g/mol. The molecule has 0 aliphatic rings. The summed E-state index contributed by atoms with van der Waals surface area (Å²) in [5, 5.41) is 8.87. The van der Waals surface area contributed by atoms with Gasteiger partial charge in [0.1, 0.15) is 0 Å². The quantitative estimate of drug-likeness (QED) is 0.682. The minimum absolute atomic E-state index is 0.257. The van der Waals surface area contributed by atoms with E-state index in [2.05, 4.69) is 27.7 Å². The lowest BCUT2D eigenvalue weighted by Crippen LogP contribution is -2.34. The number of carbonyl (C=O) groups excluding carboxylic acids is 1. The zero-order chi connectivity index (χ0) is 21.1. The van der Waals surface area contributed by atoms with Gasteiger partial charge in [0.2, 0.25) is 15.9 Å². The van der Waals surface area contributed by atoms with E-state index in [1.807, 2.05) is 22.9 Å². The van der Waals surface area contributed by atoms with Crippen LogP contribution in [-0.4, -0.2) is 19.1 Å². The fourth-order valence-corrected chi connectivity index (χ4v) is 0.680. The number of amides is 1. The van der Waals surface area contributed by atoms with Gasteiger partial charge in [0.15, 0.2) is 0 Å². The predicted octanol–water partition coefficient (Wildman–Crippen LogP) is 4.39. The molecule has 25 heavy (non-hydrogen) atoms. The first-order valence-corrected chi connectivity index (χ1v) is 10.5. The normalized spacial score (nSPS) is 11.6. The highest BCUT2D eigenvalue weighted by Crippen LogP contribution is 2.10. The number of nitrogens with two attached hydrogens (primary N) is 2. The van der Waals surface area contributed by atoms with E-state index in [0.29, 0.717) is 5.41 Å². The SMILES string of the molecule is CC(C)(C)C.CC(C)(C)C(N)=O.CC(C)(C)S(N)(=O)=O.c1ccsc1. The van der Waals surface area contributed by atoms with Crippen LogP contribution in [0.1, 0.15) is 69.2 Å². The van der Waals surface area contributed by atoms with Gasteiger partial charge in [0.05, 0.1) is 4.75 Å². The first-order chi connectivity index (χ1) is 10.7. The highest BCUT2D eigenvalue weighted by Gasteiger charge is 2.23. The van der Waals surface area contributed by atoms with Gasteiger partial charge >= 0.3 is 0 Å². The summed E-state index contributed by atoms with van der Waals surface area (Å²) in [4.78, 5) is 10.2. The minimum Gasteiger partial charge on any atom is -0.369 e. The van der Waals surface area contributed by atoms with Crippen LogP contribution in [0.2, 0.25) is 0 Å². The Bertz CT molecular complexity index is 521. The molecule has 1 heterocycles. The zero-order valence-corrected chi connectivity index (χ0v) is 19.1. The Morgan fingerprint density at radius 3 is 1.08 bits per heavy atom. The maximum absolute atomic E-state index is 10.4. The van der Waals surface area contributed by atoms with Crippen molar-refractivity contribution >= 4 is 27.3 Å². The van der Waals surface area contributed by atoms with Gasteiger partial charge in [-0.3, -0.25) is 4.79 Å². The second-order valence-corrected chi connectivity index (χ2v) is 12.2. The first-order valence-electron chi connectivity index (χ1n) is 7.99. The van der Waals surface area contributed by atoms with Gasteiger partial charge in [-0.25, -0.2) is 13.6 Å². The molecule has 0 aliphatic carbocycles. The lowest BCUT2D eigenvalue weighted by atomic mass is 9.96. The summed E-state index contributed by atoms with van der Waals surface area (Å²) in [5.41, 5.74) is 5.07. The van der Waals surface area contributed by atoms with Crippen LogP contribution < -0.4 is 10.9 Å². The van der Waals surface area contributed by atoms with Gasteiger partial charge in [0.25, 0.3) is 0 Å². The first kappa shape index (κ1) is 28.9. The van der Waals surface area contributed by atoms with E-state index < -0.39 is 14.8 Å². The molecule has 7 heteroatoms. The van der Waals surface area contributed by atoms with Crippen molar-refractivity contribution in [2.24, 2.45) is 21.7 Å². The van der Waals surface area contributed by atoms with E-state index in [1.165, 1.54) is 0 Å². The fourth-order valence-electron chi connectivity index (χ4n) is 0.227. The lowest BCUT2D eigenvalue weighted by molar-refractivity contribution is -0.125. The van der Waals surface area contributed by atoms with Crippen LogP contribution in [0.3, 0.4) is 0 Å². The van der Waals surface area contributed by atoms with Crippen molar-refractivity contribution in [3.63, 3.8) is 0 Å². The second-order valence-electron chi connectivity index (χ2n) is 9.06. The van der Waals surface area contributed by atoms with Crippen LogP contribution >= 0.6 is 11.3 Å². The van der Waals surface area contributed by atoms with E-state index in [1.54, 1.807) is 52.9 Å². The summed E-state index contributed by atoms with van der Waals surface area (Å²) in [7, 11) is -3.34. The van der Waals surface area contributed by atoms with E-state index in [9.17, 15) is 13.2 Å². The van der Waals surface area contributed by atoms with E-state index >= 15 is 0 Å². The van der Waals surface area contributed by atoms with Gasteiger partial charge in [-0.2, -0.15) is 11.3 Å². The van der Waals surface area contributed by atoms with Crippen molar-refractivity contribution in [1.82, 2.24) is 0 Å². The molecule has 0 radical (unpaired) electrons. The summed E-state index contributed by atoms with van der Waals surface area (Å²) >= 11 is 1.71. The van der Waals surface area contributed by atoms with Crippen molar-refractivity contribution in [3.8, 4) is 0 Å². The van der Waals surface area contributed by atoms with Crippen molar-refractivity contribution in [2.45, 2.75) is 74.0 Å². The Morgan fingerprint density at radius 2 is 1.04 bits per heavy atom. The third-order valence-electron chi connectivity index (χ3n) is 2.02. The zero-order valence-electron chi connectivity index (χ0n) is 17.5. The molecule has 5 nitrogen and oxygen atoms in total. The number of thiophene rings is 1. The Hall–Kier alpha value is -0.920. The molecule has 0 saturated carbocycles. The van der Waals surface area contributed by atoms with Crippen LogP contribution in [0.25, 0.3) is 0 Å². The molecule has 1 aromatic rings. The van der Waals surface area contributed by atoms with Crippen LogP contribution in [0, 0.1) is 10.8 Å². The van der Waals surface area contributed by atoms with Gasteiger partial charge in [0, 0.05) is 5.41 Å². The van der Waals surface area contributed by atoms with E-state index in [4.69, 9.17) is 10.9 Å². The van der Waals surface area contributed by atoms with Crippen LogP contribution in [0.15, 0.2) is 22.9 Å². The third-order valence-corrected chi connectivity index (χ3v) is 4.35. The number of carbonyl (C=O) groups is 1. The molecular weight excluding hydrogens is 356 g/mol. The molecule has 0 unspecified atom stereocenters. The van der Waals surface area contributed by atoms with Crippen molar-refractivity contribution in [1.29, 1.82) is 0 Å². The number of primary sulfonamides is 1. The molecule has 4 N–H and O–H groups in total. The number of hydrogen-bond donors (Lipinski definition) is 2. The number of rotatable bonds is 0. The number of primary amides is 1. The summed E-state index contributed by atoms with van der Waals surface area (Å²) in [5.74, 6) is -0.257. The van der Waals surface area contributed by atoms with Crippen molar-refractivity contribution < 1.29 is 13.2 Å². The Kier molecular flexibility index (Phi) is 13.4. The summed E-state index contributed by atoms with van der Waals surface area (Å²) < 4.78 is 20.0.